The van der Waals surface area contributed by atoms with E-state index in [1.54, 1.807) is 0 Å². The van der Waals surface area contributed by atoms with Crippen LogP contribution in [0.3, 0.4) is 0 Å². The molecule has 0 saturated carbocycles. The second-order valence-corrected chi connectivity index (χ2v) is 17.1. The standard InChI is InChI=1S/C48H84NO7P/c1-6-8-10-12-14-16-18-20-22-24-25-26-27-29-31-33-35-37-39-41-48(50)56-47(46-55-57(51,52)54-44-42-49(3,4)5)45-53-43-40-38-36-34-32-30-28-23-21-19-17-15-13-11-9-7-2/h8,10,14-17,20-23,25-26,29,31,47H,6-7,9,11-13,18-19,24,27-28,30,32-46H2,1-5H3/b10-8-,16-14-,17-15-,22-20-,23-21-,26-25-,31-29-. The average Bonchev–Trinajstić information content (AvgIpc) is 3.16. The number of phosphoric ester groups is 1. The van der Waals surface area contributed by atoms with Crippen LogP contribution in [-0.2, 0) is 27.9 Å². The van der Waals surface area contributed by atoms with Crippen LogP contribution in [0, 0.1) is 0 Å². The first-order valence-electron chi connectivity index (χ1n) is 22.3. The van der Waals surface area contributed by atoms with Crippen molar-refractivity contribution >= 4 is 13.8 Å². The smallest absolute Gasteiger partial charge is 0.306 e. The Balaban J connectivity index is 4.34. The van der Waals surface area contributed by atoms with Crippen molar-refractivity contribution < 1.29 is 37.3 Å². The van der Waals surface area contributed by atoms with E-state index in [1.807, 2.05) is 21.1 Å². The van der Waals surface area contributed by atoms with Crippen molar-refractivity contribution in [3.63, 3.8) is 0 Å². The maximum Gasteiger partial charge on any atom is 0.306 e. The summed E-state index contributed by atoms with van der Waals surface area (Å²) in [6.45, 7) is 5.17. The summed E-state index contributed by atoms with van der Waals surface area (Å²) in [6.07, 6.45) is 53.1. The molecule has 0 fully saturated rings. The van der Waals surface area contributed by atoms with Crippen molar-refractivity contribution in [2.75, 3.05) is 54.1 Å². The minimum absolute atomic E-state index is 0.0123. The van der Waals surface area contributed by atoms with E-state index in [1.165, 1.54) is 44.9 Å². The third-order valence-corrected chi connectivity index (χ3v) is 9.89. The largest absolute Gasteiger partial charge is 0.756 e. The van der Waals surface area contributed by atoms with Gasteiger partial charge in [-0.3, -0.25) is 9.36 Å². The quantitative estimate of drug-likeness (QED) is 0.0200. The van der Waals surface area contributed by atoms with Crippen LogP contribution >= 0.6 is 7.82 Å². The predicted octanol–water partition coefficient (Wildman–Crippen LogP) is 12.6. The van der Waals surface area contributed by atoms with E-state index in [0.717, 1.165) is 83.5 Å². The zero-order valence-corrected chi connectivity index (χ0v) is 37.9. The highest BCUT2D eigenvalue weighted by Crippen LogP contribution is 2.38. The maximum absolute atomic E-state index is 12.7. The van der Waals surface area contributed by atoms with Gasteiger partial charge in [0, 0.05) is 13.0 Å². The molecule has 0 rings (SSSR count). The van der Waals surface area contributed by atoms with Gasteiger partial charge in [-0.05, 0) is 89.9 Å². The van der Waals surface area contributed by atoms with E-state index in [4.69, 9.17) is 18.5 Å². The van der Waals surface area contributed by atoms with Crippen molar-refractivity contribution in [1.29, 1.82) is 0 Å². The fraction of sp³-hybridized carbons (Fsp3) is 0.688. The molecule has 0 aliphatic rings. The van der Waals surface area contributed by atoms with E-state index in [-0.39, 0.29) is 32.2 Å². The molecule has 0 heterocycles. The van der Waals surface area contributed by atoms with Gasteiger partial charge in [0.1, 0.15) is 19.3 Å². The molecule has 0 aromatic rings. The number of carbonyl (C=O) groups is 1. The van der Waals surface area contributed by atoms with Gasteiger partial charge in [0.05, 0.1) is 34.4 Å². The molecule has 0 bridgehead atoms. The zero-order valence-electron chi connectivity index (χ0n) is 37.0. The van der Waals surface area contributed by atoms with E-state index in [2.05, 4.69) is 98.9 Å². The number of hydrogen-bond acceptors (Lipinski definition) is 7. The Morgan fingerprint density at radius 2 is 1.02 bits per heavy atom. The third kappa shape index (κ3) is 44.6. The Labute approximate surface area is 350 Å². The van der Waals surface area contributed by atoms with Crippen LogP contribution in [0.5, 0.6) is 0 Å². The number of quaternary nitrogens is 1. The van der Waals surface area contributed by atoms with Crippen LogP contribution in [0.2, 0.25) is 0 Å². The lowest BCUT2D eigenvalue weighted by Gasteiger charge is -2.28. The Morgan fingerprint density at radius 1 is 0.561 bits per heavy atom. The molecule has 8 nitrogen and oxygen atoms in total. The fourth-order valence-electron chi connectivity index (χ4n) is 5.48. The molecule has 0 aromatic carbocycles. The second kappa shape index (κ2) is 40.5. The predicted molar refractivity (Wildman–Crippen MR) is 240 cm³/mol. The Kier molecular flexibility index (Phi) is 38.8. The molecular weight excluding hydrogens is 734 g/mol. The monoisotopic (exact) mass is 818 g/mol. The molecule has 9 heteroatoms. The summed E-state index contributed by atoms with van der Waals surface area (Å²) in [5.74, 6) is -0.373. The fourth-order valence-corrected chi connectivity index (χ4v) is 6.21. The molecule has 2 atom stereocenters. The van der Waals surface area contributed by atoms with Gasteiger partial charge in [-0.1, -0.05) is 144 Å². The van der Waals surface area contributed by atoms with Crippen LogP contribution in [0.15, 0.2) is 85.1 Å². The average molecular weight is 818 g/mol. The molecule has 2 unspecified atom stereocenters. The summed E-state index contributed by atoms with van der Waals surface area (Å²) < 4.78 is 34.6. The number of ether oxygens (including phenoxy) is 2. The van der Waals surface area contributed by atoms with Gasteiger partial charge in [-0.15, -0.1) is 0 Å². The molecule has 0 aromatic heterocycles. The molecule has 328 valence electrons. The topological polar surface area (TPSA) is 94.1 Å². The minimum atomic E-state index is -4.54. The molecule has 0 aliphatic carbocycles. The van der Waals surface area contributed by atoms with Crippen molar-refractivity contribution in [1.82, 2.24) is 0 Å². The number of unbranched alkanes of at least 4 members (excludes halogenated alkanes) is 12. The Hall–Kier alpha value is -2.32. The van der Waals surface area contributed by atoms with Crippen LogP contribution in [0.4, 0.5) is 0 Å². The summed E-state index contributed by atoms with van der Waals surface area (Å²) in [7, 11) is 1.31. The van der Waals surface area contributed by atoms with Gasteiger partial charge < -0.3 is 27.9 Å². The summed E-state index contributed by atoms with van der Waals surface area (Å²) in [4.78, 5) is 25.1. The van der Waals surface area contributed by atoms with E-state index in [9.17, 15) is 14.3 Å². The van der Waals surface area contributed by atoms with Gasteiger partial charge in [-0.25, -0.2) is 0 Å². The highest BCUT2D eigenvalue weighted by molar-refractivity contribution is 7.45. The van der Waals surface area contributed by atoms with Gasteiger partial charge in [0.15, 0.2) is 0 Å². The first-order valence-corrected chi connectivity index (χ1v) is 23.8. The first-order chi connectivity index (χ1) is 27.6. The van der Waals surface area contributed by atoms with Gasteiger partial charge in [0.25, 0.3) is 7.82 Å². The second-order valence-electron chi connectivity index (χ2n) is 15.7. The highest BCUT2D eigenvalue weighted by Gasteiger charge is 2.20. The van der Waals surface area contributed by atoms with Crippen molar-refractivity contribution in [3.8, 4) is 0 Å². The lowest BCUT2D eigenvalue weighted by molar-refractivity contribution is -0.870. The molecule has 0 aliphatic heterocycles. The Morgan fingerprint density at radius 3 is 1.53 bits per heavy atom. The molecule has 0 radical (unpaired) electrons. The Bertz CT molecular complexity index is 1180. The summed E-state index contributed by atoms with van der Waals surface area (Å²) in [5, 5.41) is 0. The van der Waals surface area contributed by atoms with Gasteiger partial charge >= 0.3 is 5.97 Å². The molecule has 0 amide bonds. The number of likely N-dealkylation sites (N-methyl/N-ethyl adjacent to an activating group) is 1. The lowest BCUT2D eigenvalue weighted by atomic mass is 10.1. The van der Waals surface area contributed by atoms with Crippen molar-refractivity contribution in [2.45, 2.75) is 161 Å². The summed E-state index contributed by atoms with van der Waals surface area (Å²) in [6, 6.07) is 0. The van der Waals surface area contributed by atoms with E-state index >= 15 is 0 Å². The molecule has 0 spiro atoms. The highest BCUT2D eigenvalue weighted by atomic mass is 31.2. The number of allylic oxidation sites excluding steroid dienone is 14. The number of esters is 1. The summed E-state index contributed by atoms with van der Waals surface area (Å²) >= 11 is 0. The molecule has 0 saturated heterocycles. The number of phosphoric acid groups is 1. The number of hydrogen-bond donors (Lipinski definition) is 0. The van der Waals surface area contributed by atoms with Crippen LogP contribution in [0.1, 0.15) is 155 Å². The first kappa shape index (κ1) is 54.7. The number of carbonyl (C=O) groups excluding carboxylic acids is 1. The third-order valence-electron chi connectivity index (χ3n) is 8.93. The minimum Gasteiger partial charge on any atom is -0.756 e. The summed E-state index contributed by atoms with van der Waals surface area (Å²) in [5.41, 5.74) is 0. The van der Waals surface area contributed by atoms with E-state index in [0.29, 0.717) is 24.1 Å². The zero-order chi connectivity index (χ0) is 42.0. The van der Waals surface area contributed by atoms with E-state index < -0.39 is 13.9 Å². The SMILES string of the molecule is CC/C=C\C/C=C\C/C=C\C/C=C\C/C=C\CCCCCC(=O)OC(COCCCCCCCC/C=C\C/C=C\CCCCC)COP(=O)([O-])OCC[N+](C)(C)C. The van der Waals surface area contributed by atoms with Gasteiger partial charge in [-0.2, -0.15) is 0 Å². The van der Waals surface area contributed by atoms with Crippen LogP contribution in [-0.4, -0.2) is 70.7 Å². The molecule has 0 N–H and O–H groups in total. The van der Waals surface area contributed by atoms with Crippen LogP contribution < -0.4 is 4.89 Å². The van der Waals surface area contributed by atoms with Crippen molar-refractivity contribution in [2.24, 2.45) is 0 Å². The number of rotatable bonds is 40. The van der Waals surface area contributed by atoms with Gasteiger partial charge in [0.2, 0.25) is 0 Å². The van der Waals surface area contributed by atoms with Crippen LogP contribution in [0.25, 0.3) is 0 Å². The molecular formula is C48H84NO7P. The van der Waals surface area contributed by atoms with Crippen molar-refractivity contribution in [3.05, 3.63) is 85.1 Å². The maximum atomic E-state index is 12.7. The number of nitrogens with zero attached hydrogens (tertiary/aromatic N) is 1. The molecule has 57 heavy (non-hydrogen) atoms. The normalized spacial score (nSPS) is 14.6. The lowest BCUT2D eigenvalue weighted by Crippen LogP contribution is -2.37.